The van der Waals surface area contributed by atoms with Gasteiger partial charge in [-0.3, -0.25) is 4.79 Å². The van der Waals surface area contributed by atoms with E-state index in [1.807, 2.05) is 24.3 Å². The monoisotopic (exact) mass is 262 g/mol. The Balaban J connectivity index is 1.94. The number of H-pyrrole nitrogens is 1. The van der Waals surface area contributed by atoms with Crippen molar-refractivity contribution in [1.29, 1.82) is 0 Å². The predicted molar refractivity (Wildman–Crippen MR) is 74.1 cm³/mol. The van der Waals surface area contributed by atoms with E-state index >= 15 is 0 Å². The van der Waals surface area contributed by atoms with Gasteiger partial charge in [0.15, 0.2) is 0 Å². The molecule has 1 aromatic heterocycles. The van der Waals surface area contributed by atoms with Crippen LogP contribution in [-0.2, 0) is 9.53 Å². The number of ether oxygens (including phenoxy) is 1. The van der Waals surface area contributed by atoms with Gasteiger partial charge in [-0.05, 0) is 19.1 Å². The third kappa shape index (κ3) is 3.45. The van der Waals surface area contributed by atoms with Gasteiger partial charge in [-0.15, -0.1) is 0 Å². The Labute approximate surface area is 111 Å². The largest absolute Gasteiger partial charge is 0.383 e. The van der Waals surface area contributed by atoms with Crippen molar-refractivity contribution in [3.8, 4) is 0 Å². The average Bonchev–Trinajstić information content (AvgIpc) is 2.80. The number of fused-ring (bicyclic) bond motifs is 1. The van der Waals surface area contributed by atoms with Gasteiger partial charge in [-0.25, -0.2) is 4.98 Å². The van der Waals surface area contributed by atoms with Crippen LogP contribution in [0.3, 0.4) is 0 Å². The van der Waals surface area contributed by atoms with Gasteiger partial charge < -0.3 is 20.4 Å². The van der Waals surface area contributed by atoms with Gasteiger partial charge in [0.05, 0.1) is 17.6 Å². The van der Waals surface area contributed by atoms with E-state index in [4.69, 9.17) is 4.74 Å². The maximum Gasteiger partial charge on any atom is 0.242 e. The highest BCUT2D eigenvalue weighted by atomic mass is 16.5. The van der Waals surface area contributed by atoms with E-state index in [0.717, 1.165) is 11.0 Å². The molecule has 0 radical (unpaired) electrons. The summed E-state index contributed by atoms with van der Waals surface area (Å²) in [6, 6.07) is 7.35. The lowest BCUT2D eigenvalue weighted by molar-refractivity contribution is -0.121. The van der Waals surface area contributed by atoms with Crippen LogP contribution in [0.1, 0.15) is 6.92 Å². The molecule has 19 heavy (non-hydrogen) atoms. The van der Waals surface area contributed by atoms with Crippen molar-refractivity contribution in [2.45, 2.75) is 13.0 Å². The number of hydrogen-bond acceptors (Lipinski definition) is 4. The summed E-state index contributed by atoms with van der Waals surface area (Å²) in [5.41, 5.74) is 1.81. The molecule has 6 heteroatoms. The van der Waals surface area contributed by atoms with Crippen LogP contribution in [-0.4, -0.2) is 42.2 Å². The minimum atomic E-state index is -0.364. The highest BCUT2D eigenvalue weighted by molar-refractivity contribution is 5.84. The fraction of sp³-hybridized carbons (Fsp3) is 0.385. The van der Waals surface area contributed by atoms with Crippen LogP contribution in [0.5, 0.6) is 0 Å². The molecule has 1 amide bonds. The van der Waals surface area contributed by atoms with Crippen LogP contribution in [0.25, 0.3) is 11.0 Å². The van der Waals surface area contributed by atoms with E-state index in [0.29, 0.717) is 19.1 Å². The number of anilines is 1. The van der Waals surface area contributed by atoms with Gasteiger partial charge in [0, 0.05) is 13.7 Å². The number of nitrogens with zero attached hydrogens (tertiary/aromatic N) is 1. The number of hydrogen-bond donors (Lipinski definition) is 3. The van der Waals surface area contributed by atoms with Crippen LogP contribution >= 0.6 is 0 Å². The standard InChI is InChI=1S/C13H18N4O2/c1-9(12(18)14-7-8-19-2)15-13-16-10-5-3-4-6-11(10)17-13/h3-6,9H,7-8H2,1-2H3,(H,14,18)(H2,15,16,17). The van der Waals surface area contributed by atoms with E-state index in [9.17, 15) is 4.79 Å². The molecule has 3 N–H and O–H groups in total. The van der Waals surface area contributed by atoms with Crippen molar-refractivity contribution in [3.05, 3.63) is 24.3 Å². The summed E-state index contributed by atoms with van der Waals surface area (Å²) in [5, 5.41) is 5.81. The molecule has 2 aromatic rings. The van der Waals surface area contributed by atoms with Crippen LogP contribution < -0.4 is 10.6 Å². The van der Waals surface area contributed by atoms with Crippen LogP contribution in [0.4, 0.5) is 5.95 Å². The van der Waals surface area contributed by atoms with Crippen LogP contribution in [0, 0.1) is 0 Å². The summed E-state index contributed by atoms with van der Waals surface area (Å²) in [4.78, 5) is 19.2. The first-order valence-corrected chi connectivity index (χ1v) is 6.18. The zero-order valence-corrected chi connectivity index (χ0v) is 11.1. The summed E-state index contributed by atoms with van der Waals surface area (Å²) in [6.45, 7) is 2.79. The summed E-state index contributed by atoms with van der Waals surface area (Å²) in [7, 11) is 1.60. The number of amides is 1. The third-order valence-corrected chi connectivity index (χ3v) is 2.74. The molecule has 1 aromatic carbocycles. The normalized spacial score (nSPS) is 12.3. The highest BCUT2D eigenvalue weighted by Gasteiger charge is 2.13. The Hall–Kier alpha value is -2.08. The topological polar surface area (TPSA) is 79.0 Å². The number of carbonyl (C=O) groups excluding carboxylic acids is 1. The number of benzene rings is 1. The molecular formula is C13H18N4O2. The van der Waals surface area contributed by atoms with E-state index in [-0.39, 0.29) is 11.9 Å². The number of rotatable bonds is 6. The molecular weight excluding hydrogens is 244 g/mol. The Morgan fingerprint density at radius 2 is 2.26 bits per heavy atom. The van der Waals surface area contributed by atoms with E-state index < -0.39 is 0 Å². The average molecular weight is 262 g/mol. The zero-order chi connectivity index (χ0) is 13.7. The second-order valence-corrected chi connectivity index (χ2v) is 4.25. The number of aromatic nitrogens is 2. The maximum absolute atomic E-state index is 11.8. The third-order valence-electron chi connectivity index (χ3n) is 2.74. The maximum atomic E-state index is 11.8. The Kier molecular flexibility index (Phi) is 4.35. The lowest BCUT2D eigenvalue weighted by Gasteiger charge is -2.12. The minimum Gasteiger partial charge on any atom is -0.383 e. The molecule has 2 rings (SSSR count). The molecule has 0 aliphatic heterocycles. The number of carbonyl (C=O) groups is 1. The Morgan fingerprint density at radius 3 is 3.00 bits per heavy atom. The van der Waals surface area contributed by atoms with E-state index in [1.165, 1.54) is 0 Å². The lowest BCUT2D eigenvalue weighted by atomic mass is 10.3. The van der Waals surface area contributed by atoms with Crippen molar-refractivity contribution in [2.75, 3.05) is 25.6 Å². The second kappa shape index (κ2) is 6.19. The van der Waals surface area contributed by atoms with Crippen molar-refractivity contribution in [1.82, 2.24) is 15.3 Å². The number of para-hydroxylation sites is 2. The summed E-state index contributed by atoms with van der Waals surface area (Å²) < 4.78 is 4.88. The second-order valence-electron chi connectivity index (χ2n) is 4.25. The molecule has 1 unspecified atom stereocenters. The fourth-order valence-electron chi connectivity index (χ4n) is 1.72. The smallest absolute Gasteiger partial charge is 0.242 e. The van der Waals surface area contributed by atoms with E-state index in [1.54, 1.807) is 14.0 Å². The SMILES string of the molecule is COCCNC(=O)C(C)Nc1nc2ccccc2[nH]1. The van der Waals surface area contributed by atoms with Crippen LogP contribution in [0.2, 0.25) is 0 Å². The minimum absolute atomic E-state index is 0.0856. The lowest BCUT2D eigenvalue weighted by Crippen LogP contribution is -2.39. The number of methoxy groups -OCH3 is 1. The van der Waals surface area contributed by atoms with Gasteiger partial charge in [-0.1, -0.05) is 12.1 Å². The number of nitrogens with one attached hydrogen (secondary N) is 3. The van der Waals surface area contributed by atoms with Crippen molar-refractivity contribution in [2.24, 2.45) is 0 Å². The zero-order valence-electron chi connectivity index (χ0n) is 11.1. The van der Waals surface area contributed by atoms with Gasteiger partial charge >= 0.3 is 0 Å². The molecule has 0 aliphatic carbocycles. The van der Waals surface area contributed by atoms with Gasteiger partial charge in [0.25, 0.3) is 0 Å². The molecule has 6 nitrogen and oxygen atoms in total. The van der Waals surface area contributed by atoms with Crippen molar-refractivity contribution < 1.29 is 9.53 Å². The first kappa shape index (κ1) is 13.4. The summed E-state index contributed by atoms with van der Waals surface area (Å²) in [6.07, 6.45) is 0. The van der Waals surface area contributed by atoms with E-state index in [2.05, 4.69) is 20.6 Å². The Morgan fingerprint density at radius 1 is 1.47 bits per heavy atom. The summed E-state index contributed by atoms with van der Waals surface area (Å²) in [5.74, 6) is 0.507. The molecule has 0 bridgehead atoms. The quantitative estimate of drug-likeness (QED) is 0.682. The molecule has 0 saturated carbocycles. The predicted octanol–water partition coefficient (Wildman–Crippen LogP) is 1.13. The molecule has 1 atom stereocenters. The van der Waals surface area contributed by atoms with Crippen LogP contribution in [0.15, 0.2) is 24.3 Å². The molecule has 102 valence electrons. The number of aromatic amines is 1. The highest BCUT2D eigenvalue weighted by Crippen LogP contribution is 2.13. The first-order chi connectivity index (χ1) is 9.20. The molecule has 0 aliphatic rings. The van der Waals surface area contributed by atoms with Gasteiger partial charge in [0.1, 0.15) is 6.04 Å². The Bertz CT molecular complexity index is 519. The number of imidazole rings is 1. The van der Waals surface area contributed by atoms with Crippen molar-refractivity contribution >= 4 is 22.9 Å². The van der Waals surface area contributed by atoms with Gasteiger partial charge in [-0.2, -0.15) is 0 Å². The van der Waals surface area contributed by atoms with Crippen molar-refractivity contribution in [3.63, 3.8) is 0 Å². The molecule has 0 fully saturated rings. The van der Waals surface area contributed by atoms with Gasteiger partial charge in [0.2, 0.25) is 11.9 Å². The first-order valence-electron chi connectivity index (χ1n) is 6.18. The molecule has 1 heterocycles. The fourth-order valence-corrected chi connectivity index (χ4v) is 1.72. The molecule has 0 saturated heterocycles. The molecule has 0 spiro atoms. The summed E-state index contributed by atoms with van der Waals surface area (Å²) >= 11 is 0.